The van der Waals surface area contributed by atoms with E-state index < -0.39 is 34.9 Å². The number of tetrazole rings is 1. The van der Waals surface area contributed by atoms with E-state index in [9.17, 15) is 26.3 Å². The van der Waals surface area contributed by atoms with Gasteiger partial charge in [0.1, 0.15) is 17.5 Å². The highest BCUT2D eigenvalue weighted by molar-refractivity contribution is 5.75. The van der Waals surface area contributed by atoms with Crippen LogP contribution in [0.3, 0.4) is 0 Å². The van der Waals surface area contributed by atoms with Crippen molar-refractivity contribution in [2.45, 2.75) is 13.1 Å². The van der Waals surface area contributed by atoms with Crippen molar-refractivity contribution in [2.24, 2.45) is 0 Å². The summed E-state index contributed by atoms with van der Waals surface area (Å²) in [5, 5.41) is 24.3. The number of ether oxygens (including phenoxy) is 1. The van der Waals surface area contributed by atoms with Crippen LogP contribution in [0.2, 0.25) is 0 Å². The fourth-order valence-corrected chi connectivity index (χ4v) is 2.36. The van der Waals surface area contributed by atoms with Crippen LogP contribution in [-0.2, 0) is 6.18 Å². The van der Waals surface area contributed by atoms with Crippen LogP contribution in [0.15, 0.2) is 30.5 Å². The maximum absolute atomic E-state index is 14.2. The fraction of sp³-hybridized carbons (Fsp3) is 0.111. The van der Waals surface area contributed by atoms with Crippen molar-refractivity contribution in [3.63, 3.8) is 0 Å². The van der Waals surface area contributed by atoms with Crippen molar-refractivity contribution >= 4 is 11.3 Å². The summed E-state index contributed by atoms with van der Waals surface area (Å²) in [5.41, 5.74) is -1.83. The Hall–Kier alpha value is -4.08. The predicted octanol–water partition coefficient (Wildman–Crippen LogP) is 4.71. The summed E-state index contributed by atoms with van der Waals surface area (Å²) in [7, 11) is 0. The fourth-order valence-electron chi connectivity index (χ4n) is 2.36. The second kappa shape index (κ2) is 8.34. The number of alkyl halides is 3. The monoisotopic (exact) mass is 440 g/mol. The highest BCUT2D eigenvalue weighted by Gasteiger charge is 2.33. The Kier molecular flexibility index (Phi) is 5.82. The first kappa shape index (κ1) is 21.6. The quantitative estimate of drug-likeness (QED) is 0.440. The van der Waals surface area contributed by atoms with Crippen molar-refractivity contribution in [3.05, 3.63) is 64.9 Å². The molecule has 0 saturated carbocycles. The Morgan fingerprint density at radius 1 is 1.13 bits per heavy atom. The second-order valence-electron chi connectivity index (χ2n) is 6.02. The van der Waals surface area contributed by atoms with Crippen molar-refractivity contribution < 1.29 is 31.1 Å². The minimum absolute atomic E-state index is 0.0240. The van der Waals surface area contributed by atoms with Gasteiger partial charge in [-0.05, 0) is 35.9 Å². The molecule has 2 aromatic carbocycles. The summed E-state index contributed by atoms with van der Waals surface area (Å²) < 4.78 is 85.6. The van der Waals surface area contributed by atoms with Crippen LogP contribution in [-0.4, -0.2) is 20.6 Å². The van der Waals surface area contributed by atoms with E-state index in [1.807, 2.05) is 0 Å². The molecular weight excluding hydrogens is 430 g/mol. The van der Waals surface area contributed by atoms with Gasteiger partial charge >= 0.3 is 6.18 Å². The molecule has 7 nitrogen and oxygen atoms in total. The van der Waals surface area contributed by atoms with E-state index in [4.69, 9.17) is 10.00 Å². The molecule has 13 heteroatoms. The molecule has 3 aromatic rings. The number of halogens is 6. The molecule has 3 rings (SSSR count). The number of nitriles is 1. The van der Waals surface area contributed by atoms with E-state index in [0.29, 0.717) is 0 Å². The van der Waals surface area contributed by atoms with Gasteiger partial charge in [0, 0.05) is 12.3 Å². The standard InChI is InChI=1S/C18H10F6N6O/c1-8-2-15(31-16-12(20)3-10(4-13(16)21)18(22,23)24)14(5-11(8)19)26-7-9(6-25)17-27-29-30-28-17/h2-5,7,26H,1H3,(H,27,28,29,30). The number of benzene rings is 2. The lowest BCUT2D eigenvalue weighted by Crippen LogP contribution is -2.07. The van der Waals surface area contributed by atoms with E-state index in [-0.39, 0.29) is 40.5 Å². The summed E-state index contributed by atoms with van der Waals surface area (Å²) in [6.45, 7) is 1.33. The zero-order chi connectivity index (χ0) is 22.8. The van der Waals surface area contributed by atoms with E-state index in [1.54, 1.807) is 6.07 Å². The summed E-state index contributed by atoms with van der Waals surface area (Å²) in [5.74, 6) is -5.48. The SMILES string of the molecule is Cc1cc(Oc2c(F)cc(C(F)(F)F)cc2F)c(NC=C(C#N)c2nn[nH]n2)cc1F. The lowest BCUT2D eigenvalue weighted by atomic mass is 10.1. The third-order valence-electron chi connectivity index (χ3n) is 3.88. The van der Waals surface area contributed by atoms with E-state index in [0.717, 1.165) is 18.3 Å². The molecular formula is C18H10F6N6O. The molecule has 0 spiro atoms. The molecule has 0 aliphatic rings. The number of aromatic nitrogens is 4. The van der Waals surface area contributed by atoms with Gasteiger partial charge in [-0.1, -0.05) is 0 Å². The first-order valence-electron chi connectivity index (χ1n) is 8.25. The van der Waals surface area contributed by atoms with Gasteiger partial charge in [-0.3, -0.25) is 0 Å². The molecule has 0 fully saturated rings. The number of H-pyrrole nitrogens is 1. The molecule has 2 N–H and O–H groups in total. The zero-order valence-corrected chi connectivity index (χ0v) is 15.4. The molecule has 0 saturated heterocycles. The summed E-state index contributed by atoms with van der Waals surface area (Å²) >= 11 is 0. The second-order valence-corrected chi connectivity index (χ2v) is 6.02. The normalized spacial score (nSPS) is 11.9. The van der Waals surface area contributed by atoms with Crippen LogP contribution in [0.5, 0.6) is 11.5 Å². The Labute approximate surface area is 170 Å². The molecule has 0 bridgehead atoms. The van der Waals surface area contributed by atoms with Crippen molar-refractivity contribution in [1.82, 2.24) is 20.6 Å². The lowest BCUT2D eigenvalue weighted by Gasteiger charge is -2.15. The first-order chi connectivity index (χ1) is 14.6. The summed E-state index contributed by atoms with van der Waals surface area (Å²) in [4.78, 5) is 0. The van der Waals surface area contributed by atoms with Gasteiger partial charge < -0.3 is 10.1 Å². The van der Waals surface area contributed by atoms with Crippen LogP contribution in [0.4, 0.5) is 32.0 Å². The number of nitrogens with one attached hydrogen (secondary N) is 2. The molecule has 1 aromatic heterocycles. The molecule has 0 radical (unpaired) electrons. The molecule has 0 unspecified atom stereocenters. The van der Waals surface area contributed by atoms with Crippen molar-refractivity contribution in [1.29, 1.82) is 5.26 Å². The van der Waals surface area contributed by atoms with Gasteiger partial charge in [-0.25, -0.2) is 13.2 Å². The third kappa shape index (κ3) is 4.74. The smallest absolute Gasteiger partial charge is 0.416 e. The molecule has 0 aliphatic heterocycles. The van der Waals surface area contributed by atoms with Gasteiger partial charge in [0.05, 0.1) is 11.3 Å². The number of allylic oxidation sites excluding steroid dienone is 1. The van der Waals surface area contributed by atoms with Crippen LogP contribution in [0.1, 0.15) is 17.0 Å². The van der Waals surface area contributed by atoms with Gasteiger partial charge in [-0.15, -0.1) is 10.2 Å². The number of anilines is 1. The maximum Gasteiger partial charge on any atom is 0.416 e. The molecule has 1 heterocycles. The van der Waals surface area contributed by atoms with E-state index in [2.05, 4.69) is 25.9 Å². The van der Waals surface area contributed by atoms with Crippen LogP contribution in [0, 0.1) is 35.7 Å². The van der Waals surface area contributed by atoms with Gasteiger partial charge in [-0.2, -0.15) is 23.6 Å². The van der Waals surface area contributed by atoms with Crippen molar-refractivity contribution in [2.75, 3.05) is 5.32 Å². The van der Waals surface area contributed by atoms with E-state index in [1.165, 1.54) is 6.92 Å². The molecule has 0 atom stereocenters. The lowest BCUT2D eigenvalue weighted by molar-refractivity contribution is -0.138. The molecule has 160 valence electrons. The highest BCUT2D eigenvalue weighted by Crippen LogP contribution is 2.38. The number of hydrogen-bond acceptors (Lipinski definition) is 6. The largest absolute Gasteiger partial charge is 0.449 e. The van der Waals surface area contributed by atoms with Crippen LogP contribution < -0.4 is 10.1 Å². The predicted molar refractivity (Wildman–Crippen MR) is 94.0 cm³/mol. The minimum atomic E-state index is -4.97. The zero-order valence-electron chi connectivity index (χ0n) is 15.4. The molecule has 0 amide bonds. The topological polar surface area (TPSA) is 99.5 Å². The summed E-state index contributed by atoms with van der Waals surface area (Å²) in [6.07, 6.45) is -3.91. The Morgan fingerprint density at radius 2 is 1.81 bits per heavy atom. The number of nitrogens with zero attached hydrogens (tertiary/aromatic N) is 4. The van der Waals surface area contributed by atoms with Crippen molar-refractivity contribution in [3.8, 4) is 17.6 Å². The maximum atomic E-state index is 14.2. The number of aromatic amines is 1. The molecule has 31 heavy (non-hydrogen) atoms. The van der Waals surface area contributed by atoms with E-state index >= 15 is 0 Å². The Morgan fingerprint density at radius 3 is 2.35 bits per heavy atom. The average molecular weight is 440 g/mol. The first-order valence-corrected chi connectivity index (χ1v) is 8.25. The minimum Gasteiger partial charge on any atom is -0.449 e. The number of aryl methyl sites for hydroxylation is 1. The summed E-state index contributed by atoms with van der Waals surface area (Å²) in [6, 6.07) is 3.89. The highest BCUT2D eigenvalue weighted by atomic mass is 19.4. The van der Waals surface area contributed by atoms with Gasteiger partial charge in [0.25, 0.3) is 0 Å². The number of rotatable bonds is 5. The van der Waals surface area contributed by atoms with Crippen LogP contribution >= 0.6 is 0 Å². The Bertz CT molecular complexity index is 1160. The molecule has 0 aliphatic carbocycles. The van der Waals surface area contributed by atoms with Gasteiger partial charge in [0.15, 0.2) is 23.1 Å². The Balaban J connectivity index is 1.99. The average Bonchev–Trinajstić information content (AvgIpc) is 3.22. The number of hydrogen-bond donors (Lipinski definition) is 2. The van der Waals surface area contributed by atoms with Gasteiger partial charge in [0.2, 0.25) is 5.82 Å². The third-order valence-corrected chi connectivity index (χ3v) is 3.88. The van der Waals surface area contributed by atoms with Crippen LogP contribution in [0.25, 0.3) is 5.57 Å².